The molecule has 0 fully saturated rings. The summed E-state index contributed by atoms with van der Waals surface area (Å²) in [4.78, 5) is 12.3. The van der Waals surface area contributed by atoms with Gasteiger partial charge in [-0.3, -0.25) is 4.79 Å². The van der Waals surface area contributed by atoms with Crippen molar-refractivity contribution in [1.29, 1.82) is 0 Å². The number of hydrogen-bond acceptors (Lipinski definition) is 3. The van der Waals surface area contributed by atoms with Gasteiger partial charge in [0.05, 0.1) is 12.1 Å². The van der Waals surface area contributed by atoms with Gasteiger partial charge in [0.2, 0.25) is 0 Å². The lowest BCUT2D eigenvalue weighted by Crippen LogP contribution is -2.31. The Morgan fingerprint density at radius 1 is 1.30 bits per heavy atom. The highest BCUT2D eigenvalue weighted by molar-refractivity contribution is 6.30. The number of pyridine rings is 1. The molecular formula is C14H14ClN3O2. The standard InChI is InChI=1S/C14H14ClN3O2/c1-9-2-7-12(13(16)17-20)14(19)18(9)8-10-3-5-11(15)6-4-10/h2-7,20H,8H2,1H3,(H2,16,17). The van der Waals surface area contributed by atoms with Gasteiger partial charge >= 0.3 is 0 Å². The van der Waals surface area contributed by atoms with E-state index in [0.717, 1.165) is 11.3 Å². The van der Waals surface area contributed by atoms with Crippen LogP contribution in [0.1, 0.15) is 16.8 Å². The van der Waals surface area contributed by atoms with Crippen LogP contribution in [-0.2, 0) is 6.54 Å². The molecule has 2 aromatic rings. The molecule has 0 aliphatic carbocycles. The second-order valence-electron chi connectivity index (χ2n) is 4.39. The summed E-state index contributed by atoms with van der Waals surface area (Å²) in [6, 6.07) is 10.5. The minimum Gasteiger partial charge on any atom is -0.409 e. The van der Waals surface area contributed by atoms with E-state index in [1.807, 2.05) is 19.1 Å². The first kappa shape index (κ1) is 14.1. The molecule has 0 bridgehead atoms. The summed E-state index contributed by atoms with van der Waals surface area (Å²) in [5.74, 6) is -0.195. The lowest BCUT2D eigenvalue weighted by atomic mass is 10.2. The molecule has 0 radical (unpaired) electrons. The zero-order valence-corrected chi connectivity index (χ0v) is 11.6. The number of hydrogen-bond donors (Lipinski definition) is 2. The van der Waals surface area contributed by atoms with Crippen molar-refractivity contribution in [2.24, 2.45) is 10.9 Å². The van der Waals surface area contributed by atoms with Crippen LogP contribution in [0.25, 0.3) is 0 Å². The molecule has 3 N–H and O–H groups in total. The fourth-order valence-corrected chi connectivity index (χ4v) is 2.01. The van der Waals surface area contributed by atoms with Gasteiger partial charge in [0, 0.05) is 10.7 Å². The van der Waals surface area contributed by atoms with Gasteiger partial charge in [0.1, 0.15) is 0 Å². The second-order valence-corrected chi connectivity index (χ2v) is 4.83. The predicted molar refractivity (Wildman–Crippen MR) is 78.5 cm³/mol. The monoisotopic (exact) mass is 291 g/mol. The van der Waals surface area contributed by atoms with Gasteiger partial charge in [-0.25, -0.2) is 0 Å². The summed E-state index contributed by atoms with van der Waals surface area (Å²) in [6.45, 7) is 2.22. The molecule has 0 spiro atoms. The molecular weight excluding hydrogens is 278 g/mol. The number of oxime groups is 1. The van der Waals surface area contributed by atoms with Gasteiger partial charge in [-0.1, -0.05) is 28.9 Å². The SMILES string of the molecule is Cc1ccc(/C(N)=N/O)c(=O)n1Cc1ccc(Cl)cc1. The molecule has 0 aliphatic heterocycles. The summed E-state index contributed by atoms with van der Waals surface area (Å²) in [7, 11) is 0. The number of halogens is 1. The van der Waals surface area contributed by atoms with E-state index in [2.05, 4.69) is 5.16 Å². The van der Waals surface area contributed by atoms with Crippen molar-refractivity contribution in [2.45, 2.75) is 13.5 Å². The fourth-order valence-electron chi connectivity index (χ4n) is 1.89. The zero-order chi connectivity index (χ0) is 14.7. The van der Waals surface area contributed by atoms with Crippen LogP contribution in [0.5, 0.6) is 0 Å². The van der Waals surface area contributed by atoms with Crippen LogP contribution in [0.15, 0.2) is 46.3 Å². The van der Waals surface area contributed by atoms with E-state index in [1.165, 1.54) is 0 Å². The number of rotatable bonds is 3. The number of aryl methyl sites for hydroxylation is 1. The van der Waals surface area contributed by atoms with E-state index in [9.17, 15) is 4.79 Å². The highest BCUT2D eigenvalue weighted by atomic mass is 35.5. The van der Waals surface area contributed by atoms with Crippen molar-refractivity contribution in [1.82, 2.24) is 4.57 Å². The largest absolute Gasteiger partial charge is 0.409 e. The average Bonchev–Trinajstić information content (AvgIpc) is 2.45. The molecule has 104 valence electrons. The smallest absolute Gasteiger partial charge is 0.262 e. The van der Waals surface area contributed by atoms with E-state index in [1.54, 1.807) is 28.8 Å². The van der Waals surface area contributed by atoms with Crippen molar-refractivity contribution in [3.05, 3.63) is 68.6 Å². The normalized spacial score (nSPS) is 11.6. The first-order valence-electron chi connectivity index (χ1n) is 5.95. The molecule has 1 aromatic carbocycles. The predicted octanol–water partition coefficient (Wildman–Crippen LogP) is 1.95. The van der Waals surface area contributed by atoms with Crippen LogP contribution in [0.4, 0.5) is 0 Å². The molecule has 20 heavy (non-hydrogen) atoms. The molecule has 0 amide bonds. The highest BCUT2D eigenvalue weighted by Crippen LogP contribution is 2.11. The maximum absolute atomic E-state index is 12.3. The van der Waals surface area contributed by atoms with Crippen LogP contribution in [-0.4, -0.2) is 15.6 Å². The third-order valence-corrected chi connectivity index (χ3v) is 3.28. The molecule has 5 nitrogen and oxygen atoms in total. The van der Waals surface area contributed by atoms with Gasteiger partial charge < -0.3 is 15.5 Å². The Balaban J connectivity index is 2.46. The van der Waals surface area contributed by atoms with E-state index in [0.29, 0.717) is 11.6 Å². The van der Waals surface area contributed by atoms with Crippen LogP contribution in [0.3, 0.4) is 0 Å². The topological polar surface area (TPSA) is 80.6 Å². The Kier molecular flexibility index (Phi) is 4.10. The second kappa shape index (κ2) is 5.79. The van der Waals surface area contributed by atoms with E-state index in [4.69, 9.17) is 22.5 Å². The molecule has 0 unspecified atom stereocenters. The lowest BCUT2D eigenvalue weighted by molar-refractivity contribution is 0.318. The Labute approximate surface area is 120 Å². The van der Waals surface area contributed by atoms with Gasteiger partial charge in [-0.05, 0) is 36.8 Å². The Morgan fingerprint density at radius 2 is 1.95 bits per heavy atom. The number of aromatic nitrogens is 1. The van der Waals surface area contributed by atoms with Crippen molar-refractivity contribution in [3.63, 3.8) is 0 Å². The summed E-state index contributed by atoms with van der Waals surface area (Å²) >= 11 is 5.83. The Morgan fingerprint density at radius 3 is 2.55 bits per heavy atom. The number of amidine groups is 1. The minimum absolute atomic E-state index is 0.173. The molecule has 0 saturated carbocycles. The molecule has 0 aliphatic rings. The van der Waals surface area contributed by atoms with Crippen LogP contribution in [0, 0.1) is 6.92 Å². The maximum atomic E-state index is 12.3. The molecule has 2 rings (SSSR count). The number of benzene rings is 1. The van der Waals surface area contributed by atoms with Gasteiger partial charge in [0.25, 0.3) is 5.56 Å². The van der Waals surface area contributed by atoms with E-state index >= 15 is 0 Å². The first-order chi connectivity index (χ1) is 9.52. The Bertz CT molecular complexity index is 705. The highest BCUT2D eigenvalue weighted by Gasteiger charge is 2.10. The van der Waals surface area contributed by atoms with Crippen molar-refractivity contribution in [3.8, 4) is 0 Å². The van der Waals surface area contributed by atoms with Crippen LogP contribution >= 0.6 is 11.6 Å². The number of nitrogens with two attached hydrogens (primary N) is 1. The zero-order valence-electron chi connectivity index (χ0n) is 10.9. The van der Waals surface area contributed by atoms with Crippen molar-refractivity contribution in [2.75, 3.05) is 0 Å². The molecule has 1 heterocycles. The van der Waals surface area contributed by atoms with Gasteiger partial charge in [-0.2, -0.15) is 0 Å². The van der Waals surface area contributed by atoms with Gasteiger partial charge in [-0.15, -0.1) is 0 Å². The van der Waals surface area contributed by atoms with E-state index in [-0.39, 0.29) is 17.0 Å². The van der Waals surface area contributed by atoms with Gasteiger partial charge in [0.15, 0.2) is 5.84 Å². The average molecular weight is 292 g/mol. The summed E-state index contributed by atoms with van der Waals surface area (Å²) in [5, 5.41) is 12.2. The number of nitrogens with zero attached hydrogens (tertiary/aromatic N) is 2. The minimum atomic E-state index is -0.296. The summed E-state index contributed by atoms with van der Waals surface area (Å²) < 4.78 is 1.57. The quantitative estimate of drug-likeness (QED) is 0.392. The maximum Gasteiger partial charge on any atom is 0.262 e. The Hall–Kier alpha value is -2.27. The molecule has 1 aromatic heterocycles. The summed E-state index contributed by atoms with van der Waals surface area (Å²) in [6.07, 6.45) is 0. The third kappa shape index (κ3) is 2.83. The fraction of sp³-hybridized carbons (Fsp3) is 0.143. The third-order valence-electron chi connectivity index (χ3n) is 3.03. The first-order valence-corrected chi connectivity index (χ1v) is 6.33. The van der Waals surface area contributed by atoms with Crippen LogP contribution < -0.4 is 11.3 Å². The van der Waals surface area contributed by atoms with Crippen molar-refractivity contribution >= 4 is 17.4 Å². The van der Waals surface area contributed by atoms with E-state index < -0.39 is 0 Å². The lowest BCUT2D eigenvalue weighted by Gasteiger charge is -2.11. The summed E-state index contributed by atoms with van der Waals surface area (Å²) in [5.41, 5.74) is 7.11. The molecule has 6 heteroatoms. The molecule has 0 atom stereocenters. The molecule has 0 saturated heterocycles. The van der Waals surface area contributed by atoms with Crippen molar-refractivity contribution < 1.29 is 5.21 Å². The van der Waals surface area contributed by atoms with Crippen LogP contribution in [0.2, 0.25) is 5.02 Å².